The standard InChI is InChI=1S/C13H15BrN2O2/c1-8-9(14)4-5-10(15-8)16-11(17)6-13(2,3)7-12(16)18/h4-5H,6-7H2,1-3H3. The molecule has 1 aromatic heterocycles. The third kappa shape index (κ3) is 2.46. The van der Waals surface area contributed by atoms with Gasteiger partial charge < -0.3 is 0 Å². The molecule has 1 saturated heterocycles. The number of pyridine rings is 1. The van der Waals surface area contributed by atoms with Gasteiger partial charge in [0.2, 0.25) is 11.8 Å². The summed E-state index contributed by atoms with van der Waals surface area (Å²) < 4.78 is 0.864. The fourth-order valence-electron chi connectivity index (χ4n) is 2.09. The number of hydrogen-bond donors (Lipinski definition) is 0. The van der Waals surface area contributed by atoms with Gasteiger partial charge in [-0.3, -0.25) is 9.59 Å². The second kappa shape index (κ2) is 4.46. The lowest BCUT2D eigenvalue weighted by atomic mass is 9.82. The van der Waals surface area contributed by atoms with E-state index in [0.717, 1.165) is 10.2 Å². The summed E-state index contributed by atoms with van der Waals surface area (Å²) in [5.41, 5.74) is 0.507. The van der Waals surface area contributed by atoms with Crippen molar-refractivity contribution in [1.29, 1.82) is 0 Å². The second-order valence-electron chi connectivity index (χ2n) is 5.38. The Labute approximate surface area is 115 Å². The average Bonchev–Trinajstić information content (AvgIpc) is 2.20. The molecule has 0 atom stereocenters. The Kier molecular flexibility index (Phi) is 3.27. The van der Waals surface area contributed by atoms with Crippen LogP contribution in [0.25, 0.3) is 0 Å². The molecule has 0 aromatic carbocycles. The van der Waals surface area contributed by atoms with Crippen LogP contribution in [0.5, 0.6) is 0 Å². The number of carbonyl (C=O) groups is 2. The molecule has 2 rings (SSSR count). The first kappa shape index (κ1) is 13.2. The Bertz CT molecular complexity index is 506. The lowest BCUT2D eigenvalue weighted by Crippen LogP contribution is -2.46. The Morgan fingerprint density at radius 2 is 1.78 bits per heavy atom. The van der Waals surface area contributed by atoms with Crippen LogP contribution in [-0.2, 0) is 9.59 Å². The predicted molar refractivity (Wildman–Crippen MR) is 72.2 cm³/mol. The van der Waals surface area contributed by atoms with Gasteiger partial charge in [0.1, 0.15) is 5.82 Å². The van der Waals surface area contributed by atoms with Crippen LogP contribution in [0, 0.1) is 12.3 Å². The molecular formula is C13H15BrN2O2. The lowest BCUT2D eigenvalue weighted by molar-refractivity contribution is -0.132. The summed E-state index contributed by atoms with van der Waals surface area (Å²) in [6.45, 7) is 5.69. The van der Waals surface area contributed by atoms with Crippen LogP contribution in [0.4, 0.5) is 5.82 Å². The maximum absolute atomic E-state index is 12.1. The first-order chi connectivity index (χ1) is 8.30. The summed E-state index contributed by atoms with van der Waals surface area (Å²) in [6.07, 6.45) is 0.741. The second-order valence-corrected chi connectivity index (χ2v) is 6.23. The molecule has 1 aromatic rings. The Morgan fingerprint density at radius 3 is 2.28 bits per heavy atom. The van der Waals surface area contributed by atoms with Crippen molar-refractivity contribution in [3.8, 4) is 0 Å². The minimum Gasteiger partial charge on any atom is -0.274 e. The monoisotopic (exact) mass is 310 g/mol. The topological polar surface area (TPSA) is 50.3 Å². The number of nitrogens with zero attached hydrogens (tertiary/aromatic N) is 2. The van der Waals surface area contributed by atoms with Crippen molar-refractivity contribution in [1.82, 2.24) is 4.98 Å². The molecule has 2 heterocycles. The summed E-state index contributed by atoms with van der Waals surface area (Å²) in [4.78, 5) is 29.6. The number of imide groups is 1. The van der Waals surface area contributed by atoms with Gasteiger partial charge in [0.05, 0.1) is 5.69 Å². The molecule has 18 heavy (non-hydrogen) atoms. The normalized spacial score (nSPS) is 19.2. The number of piperidine rings is 1. The number of halogens is 1. The summed E-state index contributed by atoms with van der Waals surface area (Å²) in [7, 11) is 0. The van der Waals surface area contributed by atoms with E-state index in [4.69, 9.17) is 0 Å². The maximum Gasteiger partial charge on any atom is 0.235 e. The van der Waals surface area contributed by atoms with Crippen LogP contribution >= 0.6 is 15.9 Å². The first-order valence-electron chi connectivity index (χ1n) is 5.79. The first-order valence-corrected chi connectivity index (χ1v) is 6.58. The fourth-order valence-corrected chi connectivity index (χ4v) is 2.31. The van der Waals surface area contributed by atoms with E-state index in [1.807, 2.05) is 20.8 Å². The number of carbonyl (C=O) groups excluding carboxylic acids is 2. The van der Waals surface area contributed by atoms with Gasteiger partial charge in [0.25, 0.3) is 0 Å². The van der Waals surface area contributed by atoms with Gasteiger partial charge in [0.15, 0.2) is 0 Å². The van der Waals surface area contributed by atoms with E-state index in [0.29, 0.717) is 18.7 Å². The molecule has 96 valence electrons. The molecule has 1 aliphatic rings. The molecule has 0 spiro atoms. The lowest BCUT2D eigenvalue weighted by Gasteiger charge is -2.34. The van der Waals surface area contributed by atoms with Gasteiger partial charge in [-0.2, -0.15) is 0 Å². The average molecular weight is 311 g/mol. The van der Waals surface area contributed by atoms with E-state index in [1.165, 1.54) is 4.90 Å². The van der Waals surface area contributed by atoms with Gasteiger partial charge >= 0.3 is 0 Å². The largest absolute Gasteiger partial charge is 0.274 e. The molecule has 0 saturated carbocycles. The van der Waals surface area contributed by atoms with Crippen molar-refractivity contribution in [2.24, 2.45) is 5.41 Å². The highest BCUT2D eigenvalue weighted by Gasteiger charge is 2.38. The molecule has 1 fully saturated rings. The highest BCUT2D eigenvalue weighted by molar-refractivity contribution is 9.10. The van der Waals surface area contributed by atoms with Crippen LogP contribution in [-0.4, -0.2) is 16.8 Å². The number of amides is 2. The maximum atomic E-state index is 12.1. The van der Waals surface area contributed by atoms with E-state index in [2.05, 4.69) is 20.9 Å². The number of rotatable bonds is 1. The predicted octanol–water partition coefficient (Wildman–Crippen LogP) is 2.83. The fraction of sp³-hybridized carbons (Fsp3) is 0.462. The molecule has 2 amide bonds. The third-order valence-electron chi connectivity index (χ3n) is 2.99. The summed E-state index contributed by atoms with van der Waals surface area (Å²) in [6, 6.07) is 3.49. The molecule has 0 N–H and O–H groups in total. The van der Waals surface area contributed by atoms with Gasteiger partial charge in [-0.15, -0.1) is 0 Å². The Hall–Kier alpha value is -1.23. The summed E-state index contributed by atoms with van der Waals surface area (Å²) in [5.74, 6) is 0.0668. The molecule has 0 radical (unpaired) electrons. The number of aromatic nitrogens is 1. The van der Waals surface area contributed by atoms with Gasteiger partial charge in [-0.05, 0) is 40.4 Å². The molecule has 0 bridgehead atoms. The van der Waals surface area contributed by atoms with Crippen LogP contribution in [0.1, 0.15) is 32.4 Å². The number of hydrogen-bond acceptors (Lipinski definition) is 3. The molecule has 0 aliphatic carbocycles. The van der Waals surface area contributed by atoms with E-state index in [-0.39, 0.29) is 17.2 Å². The van der Waals surface area contributed by atoms with Gasteiger partial charge in [-0.1, -0.05) is 13.8 Å². The van der Waals surface area contributed by atoms with Gasteiger partial charge in [-0.25, -0.2) is 9.88 Å². The van der Waals surface area contributed by atoms with Crippen molar-refractivity contribution in [3.05, 3.63) is 22.3 Å². The van der Waals surface area contributed by atoms with Crippen molar-refractivity contribution in [3.63, 3.8) is 0 Å². The Morgan fingerprint density at radius 1 is 1.22 bits per heavy atom. The molecule has 5 heteroatoms. The molecule has 1 aliphatic heterocycles. The number of anilines is 1. The zero-order chi connectivity index (χ0) is 13.5. The Balaban J connectivity index is 2.36. The van der Waals surface area contributed by atoms with Crippen molar-refractivity contribution in [2.75, 3.05) is 4.90 Å². The van der Waals surface area contributed by atoms with E-state index >= 15 is 0 Å². The van der Waals surface area contributed by atoms with E-state index in [9.17, 15) is 9.59 Å². The van der Waals surface area contributed by atoms with Crippen molar-refractivity contribution < 1.29 is 9.59 Å². The highest BCUT2D eigenvalue weighted by atomic mass is 79.9. The summed E-state index contributed by atoms with van der Waals surface area (Å²) in [5, 5.41) is 0. The smallest absolute Gasteiger partial charge is 0.235 e. The van der Waals surface area contributed by atoms with E-state index in [1.54, 1.807) is 12.1 Å². The molecule has 4 nitrogen and oxygen atoms in total. The van der Waals surface area contributed by atoms with Crippen molar-refractivity contribution in [2.45, 2.75) is 33.6 Å². The minimum atomic E-state index is -0.255. The van der Waals surface area contributed by atoms with Crippen LogP contribution < -0.4 is 4.90 Å². The number of aryl methyl sites for hydroxylation is 1. The zero-order valence-electron chi connectivity index (χ0n) is 10.7. The third-order valence-corrected chi connectivity index (χ3v) is 3.83. The van der Waals surface area contributed by atoms with E-state index < -0.39 is 0 Å². The van der Waals surface area contributed by atoms with Crippen LogP contribution in [0.3, 0.4) is 0 Å². The zero-order valence-corrected chi connectivity index (χ0v) is 12.2. The summed E-state index contributed by atoms with van der Waals surface area (Å²) >= 11 is 3.35. The van der Waals surface area contributed by atoms with Gasteiger partial charge in [0, 0.05) is 17.3 Å². The molecule has 0 unspecified atom stereocenters. The molecular weight excluding hydrogens is 296 g/mol. The minimum absolute atomic E-state index is 0.175. The highest BCUT2D eigenvalue weighted by Crippen LogP contribution is 2.33. The quantitative estimate of drug-likeness (QED) is 0.749. The SMILES string of the molecule is Cc1nc(N2C(=O)CC(C)(C)CC2=O)ccc1Br. The van der Waals surface area contributed by atoms with Crippen LogP contribution in [0.15, 0.2) is 16.6 Å². The van der Waals surface area contributed by atoms with Crippen molar-refractivity contribution >= 4 is 33.6 Å². The van der Waals surface area contributed by atoms with Crippen LogP contribution in [0.2, 0.25) is 0 Å².